The van der Waals surface area contributed by atoms with Crippen molar-refractivity contribution in [2.24, 2.45) is 7.05 Å². The third-order valence-corrected chi connectivity index (χ3v) is 6.25. The lowest BCUT2D eigenvalue weighted by atomic mass is 10.1. The molecule has 0 radical (unpaired) electrons. The summed E-state index contributed by atoms with van der Waals surface area (Å²) < 4.78 is 6.80. The van der Waals surface area contributed by atoms with Gasteiger partial charge in [0.25, 0.3) is 0 Å². The first-order valence-corrected chi connectivity index (χ1v) is 10.2. The molecule has 0 aliphatic carbocycles. The van der Waals surface area contributed by atoms with E-state index in [-0.39, 0.29) is 0 Å². The van der Waals surface area contributed by atoms with Crippen LogP contribution in [0.2, 0.25) is 0 Å². The van der Waals surface area contributed by atoms with Crippen LogP contribution in [0, 0.1) is 0 Å². The van der Waals surface area contributed by atoms with Crippen molar-refractivity contribution in [3.05, 3.63) is 91.0 Å². The van der Waals surface area contributed by atoms with Gasteiger partial charge in [0.05, 0.1) is 27.6 Å². The van der Waals surface area contributed by atoms with Crippen LogP contribution in [0.1, 0.15) is 0 Å². The average Bonchev–Trinajstić information content (AvgIpc) is 3.40. The predicted octanol–water partition coefficient (Wildman–Crippen LogP) is 6.08. The zero-order valence-electron chi connectivity index (χ0n) is 16.4. The van der Waals surface area contributed by atoms with Gasteiger partial charge < -0.3 is 4.57 Å². The third kappa shape index (κ3) is 1.88. The summed E-state index contributed by atoms with van der Waals surface area (Å²) in [5.41, 5.74) is 8.05. The molecule has 7 aromatic rings. The van der Waals surface area contributed by atoms with Crippen LogP contribution in [0.15, 0.2) is 91.0 Å². The molecule has 0 saturated carbocycles. The number of hydrogen-bond donors (Lipinski definition) is 0. The van der Waals surface area contributed by atoms with E-state index < -0.39 is 0 Å². The minimum absolute atomic E-state index is 0.942. The molecule has 7 rings (SSSR count). The molecule has 0 spiro atoms. The van der Waals surface area contributed by atoms with Gasteiger partial charge in [-0.2, -0.15) is 0 Å². The minimum atomic E-state index is 0.942. The molecule has 142 valence electrons. The van der Waals surface area contributed by atoms with Crippen LogP contribution in [0.25, 0.3) is 55.3 Å². The fourth-order valence-corrected chi connectivity index (χ4v) is 4.89. The molecule has 0 N–H and O–H groups in total. The van der Waals surface area contributed by atoms with Gasteiger partial charge in [-0.25, -0.2) is 4.98 Å². The first-order valence-electron chi connectivity index (χ1n) is 10.2. The lowest BCUT2D eigenvalue weighted by Crippen LogP contribution is -1.94. The van der Waals surface area contributed by atoms with E-state index in [9.17, 15) is 0 Å². The molecule has 4 heteroatoms. The number of rotatable bonds is 1. The summed E-state index contributed by atoms with van der Waals surface area (Å²) in [5.74, 6) is 0.942. The monoisotopic (exact) mass is 386 g/mol. The van der Waals surface area contributed by atoms with Crippen molar-refractivity contribution in [1.29, 1.82) is 0 Å². The van der Waals surface area contributed by atoms with E-state index >= 15 is 0 Å². The molecule has 0 aliphatic heterocycles. The van der Waals surface area contributed by atoms with Crippen LogP contribution in [0.5, 0.6) is 0 Å². The largest absolute Gasteiger partial charge is 0.344 e. The van der Waals surface area contributed by atoms with Crippen LogP contribution < -0.4 is 0 Å². The van der Waals surface area contributed by atoms with Crippen molar-refractivity contribution >= 4 is 49.7 Å². The Hall–Kier alpha value is -4.05. The zero-order valence-corrected chi connectivity index (χ0v) is 16.4. The second kappa shape index (κ2) is 5.51. The summed E-state index contributed by atoms with van der Waals surface area (Å²) in [6, 6.07) is 32.1. The molecule has 0 saturated heterocycles. The topological polar surface area (TPSA) is 27.2 Å². The summed E-state index contributed by atoms with van der Waals surface area (Å²) in [7, 11) is 2.13. The van der Waals surface area contributed by atoms with E-state index in [0.29, 0.717) is 0 Å². The Morgan fingerprint density at radius 1 is 0.600 bits per heavy atom. The number of benzene rings is 4. The SMILES string of the molecule is Cn1c2ccccc2c2cc3c(cc21)nc1n(-c2ccccc2)c2ccccc2n31. The molecule has 4 nitrogen and oxygen atoms in total. The van der Waals surface area contributed by atoms with Gasteiger partial charge in [0.15, 0.2) is 0 Å². The van der Waals surface area contributed by atoms with E-state index in [1.54, 1.807) is 0 Å². The Morgan fingerprint density at radius 3 is 2.13 bits per heavy atom. The van der Waals surface area contributed by atoms with Gasteiger partial charge in [0, 0.05) is 29.0 Å². The standard InChI is InChI=1S/C26H18N4/c1-28-21-12-6-5-11-18(21)19-15-25-20(16-24(19)28)27-26-29(17-9-3-2-4-10-17)22-13-7-8-14-23(22)30(25)26/h2-16H,1H3. The molecule has 0 atom stereocenters. The fraction of sp³-hybridized carbons (Fsp3) is 0.0385. The number of fused-ring (bicyclic) bond motifs is 8. The summed E-state index contributed by atoms with van der Waals surface area (Å²) in [5, 5.41) is 2.54. The van der Waals surface area contributed by atoms with Crippen molar-refractivity contribution in [2.45, 2.75) is 0 Å². The zero-order chi connectivity index (χ0) is 19.8. The van der Waals surface area contributed by atoms with Crippen molar-refractivity contribution in [3.8, 4) is 5.69 Å². The second-order valence-electron chi connectivity index (χ2n) is 7.84. The van der Waals surface area contributed by atoms with Crippen LogP contribution in [-0.2, 0) is 7.05 Å². The average molecular weight is 386 g/mol. The lowest BCUT2D eigenvalue weighted by molar-refractivity contribution is 1.01. The Balaban J connectivity index is 1.71. The summed E-state index contributed by atoms with van der Waals surface area (Å²) in [4.78, 5) is 5.10. The maximum Gasteiger partial charge on any atom is 0.220 e. The Bertz CT molecular complexity index is 1750. The van der Waals surface area contributed by atoms with E-state index in [0.717, 1.165) is 28.0 Å². The molecule has 0 unspecified atom stereocenters. The predicted molar refractivity (Wildman–Crippen MR) is 124 cm³/mol. The molecule has 30 heavy (non-hydrogen) atoms. The molecule has 3 heterocycles. The van der Waals surface area contributed by atoms with Crippen LogP contribution in [0.4, 0.5) is 0 Å². The van der Waals surface area contributed by atoms with Crippen LogP contribution in [-0.4, -0.2) is 18.5 Å². The fourth-order valence-electron chi connectivity index (χ4n) is 4.89. The number of imidazole rings is 2. The second-order valence-corrected chi connectivity index (χ2v) is 7.84. The first kappa shape index (κ1) is 15.8. The van der Waals surface area contributed by atoms with Gasteiger partial charge in [-0.3, -0.25) is 8.97 Å². The normalized spacial score (nSPS) is 12.2. The number of aromatic nitrogens is 4. The molecular weight excluding hydrogens is 368 g/mol. The highest BCUT2D eigenvalue weighted by atomic mass is 15.2. The third-order valence-electron chi connectivity index (χ3n) is 6.25. The molecule has 4 aromatic carbocycles. The van der Waals surface area contributed by atoms with E-state index in [1.807, 2.05) is 6.07 Å². The quantitative estimate of drug-likeness (QED) is 0.336. The number of aryl methyl sites for hydroxylation is 1. The first-order chi connectivity index (χ1) is 14.8. The molecule has 0 bridgehead atoms. The van der Waals surface area contributed by atoms with Gasteiger partial charge in [-0.1, -0.05) is 48.5 Å². The lowest BCUT2D eigenvalue weighted by Gasteiger charge is -2.04. The maximum absolute atomic E-state index is 5.10. The molecule has 0 amide bonds. The minimum Gasteiger partial charge on any atom is -0.344 e. The van der Waals surface area contributed by atoms with Gasteiger partial charge in [0.1, 0.15) is 0 Å². The molecule has 0 aliphatic rings. The summed E-state index contributed by atoms with van der Waals surface area (Å²) in [6.45, 7) is 0. The molecule has 3 aromatic heterocycles. The highest BCUT2D eigenvalue weighted by molar-refractivity contribution is 6.12. The van der Waals surface area contributed by atoms with Crippen molar-refractivity contribution in [1.82, 2.24) is 18.5 Å². The van der Waals surface area contributed by atoms with Gasteiger partial charge >= 0.3 is 0 Å². The highest BCUT2D eigenvalue weighted by Gasteiger charge is 2.18. The van der Waals surface area contributed by atoms with E-state index in [4.69, 9.17) is 4.98 Å². The number of nitrogens with zero attached hydrogens (tertiary/aromatic N) is 4. The van der Waals surface area contributed by atoms with Crippen molar-refractivity contribution in [2.75, 3.05) is 0 Å². The van der Waals surface area contributed by atoms with Crippen LogP contribution in [0.3, 0.4) is 0 Å². The van der Waals surface area contributed by atoms with E-state index in [2.05, 4.69) is 106 Å². The number of hydrogen-bond acceptors (Lipinski definition) is 1. The van der Waals surface area contributed by atoms with Gasteiger partial charge in [-0.15, -0.1) is 0 Å². The van der Waals surface area contributed by atoms with Crippen molar-refractivity contribution < 1.29 is 0 Å². The van der Waals surface area contributed by atoms with Gasteiger partial charge in [0.2, 0.25) is 5.78 Å². The number of para-hydroxylation sites is 4. The van der Waals surface area contributed by atoms with Crippen molar-refractivity contribution in [3.63, 3.8) is 0 Å². The van der Waals surface area contributed by atoms with Gasteiger partial charge in [-0.05, 0) is 42.5 Å². The smallest absolute Gasteiger partial charge is 0.220 e. The van der Waals surface area contributed by atoms with E-state index in [1.165, 1.54) is 27.3 Å². The molecular formula is C26H18N4. The van der Waals surface area contributed by atoms with Crippen LogP contribution >= 0.6 is 0 Å². The Labute approximate surface area is 172 Å². The maximum atomic E-state index is 5.10. The summed E-state index contributed by atoms with van der Waals surface area (Å²) >= 11 is 0. The molecule has 0 fully saturated rings. The Kier molecular flexibility index (Phi) is 2.91. The Morgan fingerprint density at radius 2 is 1.30 bits per heavy atom. The highest BCUT2D eigenvalue weighted by Crippen LogP contribution is 2.34. The summed E-state index contributed by atoms with van der Waals surface area (Å²) in [6.07, 6.45) is 0.